The molecule has 0 saturated heterocycles. The Morgan fingerprint density at radius 2 is 1.60 bits per heavy atom. The van der Waals surface area contributed by atoms with Crippen LogP contribution in [0.15, 0.2) is 79.0 Å². The van der Waals surface area contributed by atoms with Crippen LogP contribution in [0.3, 0.4) is 0 Å². The first-order valence-electron chi connectivity index (χ1n) is 8.01. The zero-order chi connectivity index (χ0) is 17.3. The second kappa shape index (κ2) is 8.89. The van der Waals surface area contributed by atoms with Crippen LogP contribution in [-0.2, 0) is 12.3 Å². The van der Waals surface area contributed by atoms with Crippen molar-refractivity contribution in [3.63, 3.8) is 0 Å². The van der Waals surface area contributed by atoms with Crippen molar-refractivity contribution in [3.8, 4) is 11.1 Å². The van der Waals surface area contributed by atoms with E-state index in [0.717, 1.165) is 11.3 Å². The van der Waals surface area contributed by atoms with Crippen molar-refractivity contribution in [3.05, 3.63) is 90.3 Å². The average molecular weight is 349 g/mol. The number of carbonyl (C=O) groups is 1. The summed E-state index contributed by atoms with van der Waals surface area (Å²) in [4.78, 5) is 16.0. The fraction of sp³-hybridized carbons (Fsp3) is 0.100. The molecule has 0 unspecified atom stereocenters. The van der Waals surface area contributed by atoms with Crippen molar-refractivity contribution < 1.29 is 4.79 Å². The van der Waals surface area contributed by atoms with Crippen molar-refractivity contribution in [2.75, 3.05) is 0 Å². The highest BCUT2D eigenvalue weighted by Crippen LogP contribution is 2.19. The fourth-order valence-electron chi connectivity index (χ4n) is 2.32. The van der Waals surface area contributed by atoms with Crippen molar-refractivity contribution in [1.29, 1.82) is 0 Å². The molecule has 0 bridgehead atoms. The molecule has 4 nitrogen and oxygen atoms in total. The minimum atomic E-state index is -0.201. The standard InChI is InChI=1S/C20H19N3OS/c24-20(23-25-15-19-8-4-5-13-21-19)22-14-16-9-11-18(12-10-16)17-6-2-1-3-7-17/h1-13H,14-15H2,(H2,22,23,24). The maximum Gasteiger partial charge on any atom is 0.325 e. The maximum absolute atomic E-state index is 11.8. The molecule has 1 heterocycles. The predicted octanol–water partition coefficient (Wildman–Crippen LogP) is 4.40. The van der Waals surface area contributed by atoms with Crippen LogP contribution in [0.1, 0.15) is 11.3 Å². The normalized spacial score (nSPS) is 10.2. The average Bonchev–Trinajstić information content (AvgIpc) is 2.68. The Labute approximate surface area is 151 Å². The van der Waals surface area contributed by atoms with Gasteiger partial charge in [0.2, 0.25) is 0 Å². The molecular weight excluding hydrogens is 330 g/mol. The van der Waals surface area contributed by atoms with Crippen molar-refractivity contribution in [2.45, 2.75) is 12.3 Å². The Kier molecular flexibility index (Phi) is 6.06. The van der Waals surface area contributed by atoms with Crippen molar-refractivity contribution >= 4 is 18.0 Å². The van der Waals surface area contributed by atoms with Gasteiger partial charge in [-0.3, -0.25) is 9.71 Å². The van der Waals surface area contributed by atoms with Crippen LogP contribution in [-0.4, -0.2) is 11.0 Å². The van der Waals surface area contributed by atoms with Crippen LogP contribution in [0.25, 0.3) is 11.1 Å². The summed E-state index contributed by atoms with van der Waals surface area (Å²) < 4.78 is 2.77. The van der Waals surface area contributed by atoms with Gasteiger partial charge in [0.25, 0.3) is 0 Å². The van der Waals surface area contributed by atoms with Gasteiger partial charge in [-0.15, -0.1) is 0 Å². The summed E-state index contributed by atoms with van der Waals surface area (Å²) in [5.41, 5.74) is 4.35. The van der Waals surface area contributed by atoms with E-state index in [-0.39, 0.29) is 6.03 Å². The van der Waals surface area contributed by atoms with Crippen LogP contribution in [0.5, 0.6) is 0 Å². The predicted molar refractivity (Wildman–Crippen MR) is 103 cm³/mol. The highest BCUT2D eigenvalue weighted by molar-refractivity contribution is 7.97. The first kappa shape index (κ1) is 17.0. The molecule has 2 N–H and O–H groups in total. The highest BCUT2D eigenvalue weighted by atomic mass is 32.2. The van der Waals surface area contributed by atoms with Gasteiger partial charge in [0.05, 0.1) is 11.4 Å². The zero-order valence-corrected chi connectivity index (χ0v) is 14.5. The Morgan fingerprint density at radius 1 is 0.880 bits per heavy atom. The van der Waals surface area contributed by atoms with Crippen LogP contribution >= 0.6 is 11.9 Å². The number of amides is 2. The van der Waals surface area contributed by atoms with E-state index in [1.165, 1.54) is 23.1 Å². The lowest BCUT2D eigenvalue weighted by atomic mass is 10.0. The molecule has 2 aromatic carbocycles. The lowest BCUT2D eigenvalue weighted by Crippen LogP contribution is -2.30. The summed E-state index contributed by atoms with van der Waals surface area (Å²) in [6, 6.07) is 24.0. The molecule has 0 fully saturated rings. The lowest BCUT2D eigenvalue weighted by molar-refractivity contribution is 0.246. The minimum Gasteiger partial charge on any atom is -0.333 e. The maximum atomic E-state index is 11.8. The summed E-state index contributed by atoms with van der Waals surface area (Å²) in [6.45, 7) is 0.491. The van der Waals surface area contributed by atoms with E-state index in [4.69, 9.17) is 0 Å². The number of rotatable bonds is 6. The number of hydrogen-bond acceptors (Lipinski definition) is 3. The lowest BCUT2D eigenvalue weighted by Gasteiger charge is -2.08. The van der Waals surface area contributed by atoms with Gasteiger partial charge < -0.3 is 5.32 Å². The number of nitrogens with zero attached hydrogens (tertiary/aromatic N) is 1. The third kappa shape index (κ3) is 5.36. The van der Waals surface area contributed by atoms with Crippen LogP contribution in [0.2, 0.25) is 0 Å². The first-order valence-corrected chi connectivity index (χ1v) is 9.00. The third-order valence-corrected chi connectivity index (χ3v) is 4.40. The molecule has 0 atom stereocenters. The largest absolute Gasteiger partial charge is 0.333 e. The molecule has 126 valence electrons. The third-order valence-electron chi connectivity index (χ3n) is 3.63. The molecule has 0 saturated carbocycles. The monoisotopic (exact) mass is 349 g/mol. The Bertz CT molecular complexity index is 792. The van der Waals surface area contributed by atoms with E-state index in [0.29, 0.717) is 12.3 Å². The van der Waals surface area contributed by atoms with Gasteiger partial charge in [-0.05, 0) is 40.8 Å². The summed E-state index contributed by atoms with van der Waals surface area (Å²) in [6.07, 6.45) is 1.75. The molecule has 25 heavy (non-hydrogen) atoms. The highest BCUT2D eigenvalue weighted by Gasteiger charge is 2.02. The van der Waals surface area contributed by atoms with Crippen molar-refractivity contribution in [2.24, 2.45) is 0 Å². The van der Waals surface area contributed by atoms with Crippen molar-refractivity contribution in [1.82, 2.24) is 15.0 Å². The fourth-order valence-corrected chi connectivity index (χ4v) is 2.92. The number of pyridine rings is 1. The van der Waals surface area contributed by atoms with E-state index >= 15 is 0 Å². The molecule has 0 aliphatic heterocycles. The molecule has 1 aromatic heterocycles. The summed E-state index contributed by atoms with van der Waals surface area (Å²) in [7, 11) is 0. The smallest absolute Gasteiger partial charge is 0.325 e. The van der Waals surface area contributed by atoms with Crippen LogP contribution < -0.4 is 10.0 Å². The van der Waals surface area contributed by atoms with Gasteiger partial charge in [-0.25, -0.2) is 4.79 Å². The number of benzene rings is 2. The Morgan fingerprint density at radius 3 is 2.32 bits per heavy atom. The SMILES string of the molecule is O=C(NCc1ccc(-c2ccccc2)cc1)NSCc1ccccn1. The van der Waals surface area contributed by atoms with E-state index < -0.39 is 0 Å². The molecular formula is C20H19N3OS. The summed E-state index contributed by atoms with van der Waals surface area (Å²) in [5.74, 6) is 0.639. The summed E-state index contributed by atoms with van der Waals surface area (Å²) >= 11 is 1.32. The summed E-state index contributed by atoms with van der Waals surface area (Å²) in [5, 5.41) is 2.85. The first-order chi connectivity index (χ1) is 12.3. The number of nitrogens with one attached hydrogen (secondary N) is 2. The molecule has 0 spiro atoms. The van der Waals surface area contributed by atoms with E-state index in [1.807, 2.05) is 48.5 Å². The molecule has 0 radical (unpaired) electrons. The van der Waals surface area contributed by atoms with Crippen LogP contribution in [0.4, 0.5) is 4.79 Å². The van der Waals surface area contributed by atoms with Gasteiger partial charge in [0.15, 0.2) is 0 Å². The molecule has 5 heteroatoms. The van der Waals surface area contributed by atoms with Crippen LogP contribution in [0, 0.1) is 0 Å². The second-order valence-electron chi connectivity index (χ2n) is 5.46. The molecule has 0 aliphatic rings. The van der Waals surface area contributed by atoms with E-state index in [1.54, 1.807) is 6.20 Å². The molecule has 3 aromatic rings. The van der Waals surface area contributed by atoms with Gasteiger partial charge in [-0.2, -0.15) is 0 Å². The molecule has 0 aliphatic carbocycles. The number of urea groups is 1. The molecule has 3 rings (SSSR count). The number of carbonyl (C=O) groups excluding carboxylic acids is 1. The second-order valence-corrected chi connectivity index (χ2v) is 6.24. The number of hydrogen-bond donors (Lipinski definition) is 2. The van der Waals surface area contributed by atoms with E-state index in [9.17, 15) is 4.79 Å². The van der Waals surface area contributed by atoms with Gasteiger partial charge >= 0.3 is 6.03 Å². The van der Waals surface area contributed by atoms with Gasteiger partial charge in [0, 0.05) is 12.7 Å². The quantitative estimate of drug-likeness (QED) is 0.649. The van der Waals surface area contributed by atoms with Gasteiger partial charge in [-0.1, -0.05) is 60.7 Å². The number of aromatic nitrogens is 1. The molecule has 2 amide bonds. The topological polar surface area (TPSA) is 54.0 Å². The van der Waals surface area contributed by atoms with Gasteiger partial charge in [0.1, 0.15) is 0 Å². The Balaban J connectivity index is 1.43. The minimum absolute atomic E-state index is 0.201. The Hall–Kier alpha value is -2.79. The van der Waals surface area contributed by atoms with E-state index in [2.05, 4.69) is 39.3 Å². The zero-order valence-electron chi connectivity index (χ0n) is 13.7.